The van der Waals surface area contributed by atoms with Gasteiger partial charge in [0.05, 0.1) is 5.56 Å². The standard InChI is InChI=1S/C11H11F3N4/c12-11(13,14)10-8(7-15)1-2-9(17-10)18-5-3-16-4-6-18/h1-2,16H,3-6H2. The Hall–Kier alpha value is -1.81. The molecule has 1 saturated heterocycles. The van der Waals surface area contributed by atoms with Gasteiger partial charge in [0.1, 0.15) is 11.9 Å². The molecule has 0 amide bonds. The monoisotopic (exact) mass is 256 g/mol. The highest BCUT2D eigenvalue weighted by atomic mass is 19.4. The number of nitrogens with zero attached hydrogens (tertiary/aromatic N) is 3. The molecule has 0 bridgehead atoms. The van der Waals surface area contributed by atoms with Crippen molar-refractivity contribution >= 4 is 5.82 Å². The van der Waals surface area contributed by atoms with Gasteiger partial charge in [-0.1, -0.05) is 0 Å². The van der Waals surface area contributed by atoms with Crippen LogP contribution in [-0.4, -0.2) is 31.2 Å². The lowest BCUT2D eigenvalue weighted by Gasteiger charge is -2.28. The van der Waals surface area contributed by atoms with E-state index in [4.69, 9.17) is 5.26 Å². The molecule has 2 rings (SSSR count). The first kappa shape index (κ1) is 12.6. The van der Waals surface area contributed by atoms with Crippen LogP contribution in [0.5, 0.6) is 0 Å². The van der Waals surface area contributed by atoms with Crippen molar-refractivity contribution in [1.82, 2.24) is 10.3 Å². The quantitative estimate of drug-likeness (QED) is 0.824. The number of rotatable bonds is 1. The normalized spacial score (nSPS) is 16.4. The van der Waals surface area contributed by atoms with E-state index in [1.807, 2.05) is 0 Å². The maximum absolute atomic E-state index is 12.7. The first-order chi connectivity index (χ1) is 8.52. The van der Waals surface area contributed by atoms with Crippen molar-refractivity contribution in [2.75, 3.05) is 31.1 Å². The minimum absolute atomic E-state index is 0.267. The Morgan fingerprint density at radius 3 is 2.50 bits per heavy atom. The zero-order chi connectivity index (χ0) is 13.2. The van der Waals surface area contributed by atoms with Gasteiger partial charge in [0, 0.05) is 26.2 Å². The van der Waals surface area contributed by atoms with E-state index in [0.717, 1.165) is 0 Å². The third-order valence-electron chi connectivity index (χ3n) is 2.71. The van der Waals surface area contributed by atoms with Gasteiger partial charge in [-0.2, -0.15) is 18.4 Å². The molecule has 7 heteroatoms. The highest BCUT2D eigenvalue weighted by molar-refractivity contribution is 5.46. The van der Waals surface area contributed by atoms with Crippen molar-refractivity contribution in [2.24, 2.45) is 0 Å². The lowest BCUT2D eigenvalue weighted by atomic mass is 10.2. The molecule has 1 N–H and O–H groups in total. The average Bonchev–Trinajstić information content (AvgIpc) is 2.38. The predicted octanol–water partition coefficient (Wildman–Crippen LogP) is 1.38. The highest BCUT2D eigenvalue weighted by Gasteiger charge is 2.36. The molecule has 1 aromatic rings. The number of pyridine rings is 1. The fourth-order valence-corrected chi connectivity index (χ4v) is 1.83. The van der Waals surface area contributed by atoms with Gasteiger partial charge < -0.3 is 10.2 Å². The summed E-state index contributed by atoms with van der Waals surface area (Å²) in [5.74, 6) is 0.267. The molecule has 0 radical (unpaired) electrons. The van der Waals surface area contributed by atoms with Crippen LogP contribution in [0, 0.1) is 11.3 Å². The van der Waals surface area contributed by atoms with Crippen LogP contribution >= 0.6 is 0 Å². The number of nitriles is 1. The van der Waals surface area contributed by atoms with Crippen LogP contribution in [0.15, 0.2) is 12.1 Å². The van der Waals surface area contributed by atoms with Crippen LogP contribution in [0.2, 0.25) is 0 Å². The maximum atomic E-state index is 12.7. The first-order valence-electron chi connectivity index (χ1n) is 5.46. The van der Waals surface area contributed by atoms with Crippen LogP contribution in [0.3, 0.4) is 0 Å². The van der Waals surface area contributed by atoms with Crippen molar-refractivity contribution in [1.29, 1.82) is 5.26 Å². The molecule has 1 aliphatic heterocycles. The lowest BCUT2D eigenvalue weighted by Crippen LogP contribution is -2.44. The van der Waals surface area contributed by atoms with E-state index < -0.39 is 17.4 Å². The van der Waals surface area contributed by atoms with Crippen LogP contribution in [0.4, 0.5) is 19.0 Å². The van der Waals surface area contributed by atoms with E-state index in [1.54, 1.807) is 4.90 Å². The molecule has 0 saturated carbocycles. The SMILES string of the molecule is N#Cc1ccc(N2CCNCC2)nc1C(F)(F)F. The summed E-state index contributed by atoms with van der Waals surface area (Å²) in [5.41, 5.74) is -1.55. The molecule has 0 atom stereocenters. The Kier molecular flexibility index (Phi) is 3.39. The Morgan fingerprint density at radius 1 is 1.28 bits per heavy atom. The Bertz CT molecular complexity index is 472. The zero-order valence-corrected chi connectivity index (χ0v) is 9.46. The van der Waals surface area contributed by atoms with E-state index in [1.165, 1.54) is 18.2 Å². The van der Waals surface area contributed by atoms with Gasteiger partial charge in [0.2, 0.25) is 0 Å². The van der Waals surface area contributed by atoms with E-state index in [0.29, 0.717) is 26.2 Å². The summed E-state index contributed by atoms with van der Waals surface area (Å²) in [6.45, 7) is 2.64. The second-order valence-electron chi connectivity index (χ2n) is 3.91. The van der Waals surface area contributed by atoms with Gasteiger partial charge >= 0.3 is 6.18 Å². The smallest absolute Gasteiger partial charge is 0.354 e. The van der Waals surface area contributed by atoms with E-state index >= 15 is 0 Å². The van der Waals surface area contributed by atoms with Gasteiger partial charge in [-0.05, 0) is 12.1 Å². The molecule has 2 heterocycles. The van der Waals surface area contributed by atoms with Gasteiger partial charge in [-0.15, -0.1) is 0 Å². The number of nitrogens with one attached hydrogen (secondary N) is 1. The van der Waals surface area contributed by atoms with Crippen LogP contribution in [-0.2, 0) is 6.18 Å². The second-order valence-corrected chi connectivity index (χ2v) is 3.91. The molecule has 1 fully saturated rings. The molecule has 0 spiro atoms. The molecule has 0 unspecified atom stereocenters. The number of hydrogen-bond donors (Lipinski definition) is 1. The molecule has 1 aliphatic rings. The topological polar surface area (TPSA) is 52.0 Å². The van der Waals surface area contributed by atoms with Crippen molar-refractivity contribution in [2.45, 2.75) is 6.18 Å². The molecule has 96 valence electrons. The molecule has 1 aromatic heterocycles. The van der Waals surface area contributed by atoms with Crippen molar-refractivity contribution in [3.05, 3.63) is 23.4 Å². The minimum Gasteiger partial charge on any atom is -0.354 e. The van der Waals surface area contributed by atoms with Gasteiger partial charge in [0.15, 0.2) is 5.69 Å². The summed E-state index contributed by atoms with van der Waals surface area (Å²) < 4.78 is 38.2. The number of anilines is 1. The number of aromatic nitrogens is 1. The van der Waals surface area contributed by atoms with Gasteiger partial charge in [-0.3, -0.25) is 0 Å². The maximum Gasteiger partial charge on any atom is 0.434 e. The zero-order valence-electron chi connectivity index (χ0n) is 9.46. The number of piperazine rings is 1. The number of alkyl halides is 3. The van der Waals surface area contributed by atoms with Crippen molar-refractivity contribution < 1.29 is 13.2 Å². The van der Waals surface area contributed by atoms with Crippen LogP contribution in [0.25, 0.3) is 0 Å². The number of hydrogen-bond acceptors (Lipinski definition) is 4. The molecule has 18 heavy (non-hydrogen) atoms. The second kappa shape index (κ2) is 4.82. The molecular formula is C11H11F3N4. The minimum atomic E-state index is -4.60. The lowest BCUT2D eigenvalue weighted by molar-refractivity contribution is -0.141. The van der Waals surface area contributed by atoms with E-state index in [9.17, 15) is 13.2 Å². The predicted molar refractivity (Wildman–Crippen MR) is 59.0 cm³/mol. The van der Waals surface area contributed by atoms with E-state index in [2.05, 4.69) is 10.3 Å². The average molecular weight is 256 g/mol. The summed E-state index contributed by atoms with van der Waals surface area (Å²) in [6.07, 6.45) is -4.60. The first-order valence-corrected chi connectivity index (χ1v) is 5.46. The van der Waals surface area contributed by atoms with Crippen LogP contribution in [0.1, 0.15) is 11.3 Å². The molecule has 4 nitrogen and oxygen atoms in total. The fraction of sp³-hybridized carbons (Fsp3) is 0.455. The highest BCUT2D eigenvalue weighted by Crippen LogP contribution is 2.31. The Labute approximate surface area is 102 Å². The molecular weight excluding hydrogens is 245 g/mol. The van der Waals surface area contributed by atoms with Gasteiger partial charge in [-0.25, -0.2) is 4.98 Å². The summed E-state index contributed by atoms with van der Waals surface area (Å²) in [6, 6.07) is 4.15. The Balaban J connectivity index is 2.37. The fourth-order valence-electron chi connectivity index (χ4n) is 1.83. The van der Waals surface area contributed by atoms with E-state index in [-0.39, 0.29) is 5.82 Å². The largest absolute Gasteiger partial charge is 0.434 e. The Morgan fingerprint density at radius 2 is 1.94 bits per heavy atom. The number of halogens is 3. The summed E-state index contributed by atoms with van der Waals surface area (Å²) in [7, 11) is 0. The third-order valence-corrected chi connectivity index (χ3v) is 2.71. The third kappa shape index (κ3) is 2.54. The van der Waals surface area contributed by atoms with Gasteiger partial charge in [0.25, 0.3) is 0 Å². The van der Waals surface area contributed by atoms with Crippen LogP contribution < -0.4 is 10.2 Å². The van der Waals surface area contributed by atoms with Crippen molar-refractivity contribution in [3.8, 4) is 6.07 Å². The van der Waals surface area contributed by atoms with Crippen molar-refractivity contribution in [3.63, 3.8) is 0 Å². The molecule has 0 aliphatic carbocycles. The summed E-state index contributed by atoms with van der Waals surface area (Å²) in [5, 5.41) is 11.8. The summed E-state index contributed by atoms with van der Waals surface area (Å²) >= 11 is 0. The summed E-state index contributed by atoms with van der Waals surface area (Å²) in [4.78, 5) is 5.36. The molecule has 0 aromatic carbocycles.